The Bertz CT molecular complexity index is 631. The van der Waals surface area contributed by atoms with Crippen molar-refractivity contribution in [1.82, 2.24) is 9.82 Å². The zero-order chi connectivity index (χ0) is 12.8. The molecule has 0 amide bonds. The molecular weight excluding hydrogens is 286 g/mol. The van der Waals surface area contributed by atoms with Crippen LogP contribution in [-0.4, -0.2) is 19.6 Å². The number of halogens is 1. The Hall–Kier alpha value is -1.92. The van der Waals surface area contributed by atoms with Crippen molar-refractivity contribution in [3.8, 4) is 0 Å². The van der Waals surface area contributed by atoms with Gasteiger partial charge in [-0.05, 0) is 29.8 Å². The summed E-state index contributed by atoms with van der Waals surface area (Å²) in [6.07, 6.45) is 4.63. The minimum Gasteiger partial charge on any atom is -0.265 e. The predicted octanol–water partition coefficient (Wildman–Crippen LogP) is 1.82. The monoisotopic (exact) mass is 297 g/mol. The summed E-state index contributed by atoms with van der Waals surface area (Å²) in [5, 5.41) is 3.70. The molecule has 0 aliphatic rings. The molecule has 0 saturated heterocycles. The van der Waals surface area contributed by atoms with E-state index in [0.29, 0.717) is 0 Å². The van der Waals surface area contributed by atoms with Crippen molar-refractivity contribution in [3.63, 3.8) is 0 Å². The van der Waals surface area contributed by atoms with E-state index >= 15 is 0 Å². The van der Waals surface area contributed by atoms with Crippen LogP contribution < -0.4 is 4.83 Å². The Balaban J connectivity index is 0.00000180. The fourth-order valence-corrected chi connectivity index (χ4v) is 2.08. The lowest BCUT2D eigenvalue weighted by Crippen LogP contribution is -2.18. The van der Waals surface area contributed by atoms with Gasteiger partial charge in [0.1, 0.15) is 0 Å². The largest absolute Gasteiger partial charge is 0.276 e. The first kappa shape index (κ1) is 15.1. The van der Waals surface area contributed by atoms with Crippen LogP contribution in [0.4, 0.5) is 0 Å². The van der Waals surface area contributed by atoms with E-state index in [9.17, 15) is 8.42 Å². The normalized spacial score (nSPS) is 10.9. The molecule has 0 unspecified atom stereocenters. The summed E-state index contributed by atoms with van der Waals surface area (Å²) in [4.78, 5) is 6.17. The minimum atomic E-state index is -3.59. The van der Waals surface area contributed by atoms with Crippen LogP contribution in [0.25, 0.3) is 0 Å². The lowest BCUT2D eigenvalue weighted by atomic mass is 10.3. The predicted molar refractivity (Wildman–Crippen MR) is 75.8 cm³/mol. The highest BCUT2D eigenvalue weighted by Crippen LogP contribution is 2.06. The summed E-state index contributed by atoms with van der Waals surface area (Å²) in [5.41, 5.74) is 0.765. The Morgan fingerprint density at radius 2 is 1.68 bits per heavy atom. The standard InChI is InChI=1S/C12H11N3O2S.ClH/c16-18(17,12-4-2-1-3-5-12)15-14-10-11-6-8-13-9-7-11;/h1-10,15H;1H. The number of hydrogen-bond donors (Lipinski definition) is 1. The van der Waals surface area contributed by atoms with Crippen LogP contribution in [0, 0.1) is 0 Å². The van der Waals surface area contributed by atoms with E-state index in [1.165, 1.54) is 18.3 Å². The van der Waals surface area contributed by atoms with Crippen LogP contribution in [0.15, 0.2) is 64.9 Å². The van der Waals surface area contributed by atoms with Gasteiger partial charge >= 0.3 is 0 Å². The summed E-state index contributed by atoms with van der Waals surface area (Å²) in [6, 6.07) is 11.5. The fourth-order valence-electron chi connectivity index (χ4n) is 1.27. The van der Waals surface area contributed by atoms with Crippen molar-refractivity contribution in [2.45, 2.75) is 4.90 Å². The summed E-state index contributed by atoms with van der Waals surface area (Å²) in [7, 11) is -3.59. The van der Waals surface area contributed by atoms with E-state index < -0.39 is 10.0 Å². The topological polar surface area (TPSA) is 71.4 Å². The van der Waals surface area contributed by atoms with Gasteiger partial charge in [-0.1, -0.05) is 18.2 Å². The molecule has 0 bridgehead atoms. The smallest absolute Gasteiger partial charge is 0.265 e. The first-order valence-electron chi connectivity index (χ1n) is 5.18. The lowest BCUT2D eigenvalue weighted by molar-refractivity contribution is 0.584. The van der Waals surface area contributed by atoms with E-state index in [1.54, 1.807) is 42.7 Å². The molecule has 0 aliphatic carbocycles. The molecule has 1 aromatic heterocycles. The second-order valence-electron chi connectivity index (χ2n) is 3.45. The number of aromatic nitrogens is 1. The fraction of sp³-hybridized carbons (Fsp3) is 0. The quantitative estimate of drug-likeness (QED) is 0.691. The number of hydrogen-bond acceptors (Lipinski definition) is 4. The van der Waals surface area contributed by atoms with E-state index in [-0.39, 0.29) is 17.3 Å². The van der Waals surface area contributed by atoms with Crippen molar-refractivity contribution in [1.29, 1.82) is 0 Å². The number of sulfonamides is 1. The highest BCUT2D eigenvalue weighted by Gasteiger charge is 2.10. The van der Waals surface area contributed by atoms with Gasteiger partial charge in [0.2, 0.25) is 0 Å². The Kier molecular flexibility index (Phi) is 5.47. The van der Waals surface area contributed by atoms with Gasteiger partial charge in [0, 0.05) is 12.4 Å². The summed E-state index contributed by atoms with van der Waals surface area (Å²) in [6.45, 7) is 0. The number of benzene rings is 1. The maximum absolute atomic E-state index is 11.8. The number of nitrogens with one attached hydrogen (secondary N) is 1. The zero-order valence-electron chi connectivity index (χ0n) is 9.80. The van der Waals surface area contributed by atoms with Crippen LogP contribution >= 0.6 is 12.4 Å². The summed E-state index contributed by atoms with van der Waals surface area (Å²) < 4.78 is 23.6. The summed E-state index contributed by atoms with van der Waals surface area (Å²) >= 11 is 0. The molecule has 0 atom stereocenters. The van der Waals surface area contributed by atoms with Crippen molar-refractivity contribution in [3.05, 3.63) is 60.4 Å². The molecule has 19 heavy (non-hydrogen) atoms. The molecule has 1 N–H and O–H groups in total. The second kappa shape index (κ2) is 6.86. The maximum Gasteiger partial charge on any atom is 0.276 e. The SMILES string of the molecule is Cl.O=S(=O)(NN=Cc1ccncc1)c1ccccc1. The first-order valence-corrected chi connectivity index (χ1v) is 6.67. The Morgan fingerprint density at radius 3 is 2.32 bits per heavy atom. The molecule has 1 aromatic carbocycles. The third-order valence-electron chi connectivity index (χ3n) is 2.15. The van der Waals surface area contributed by atoms with Gasteiger partial charge in [-0.15, -0.1) is 12.4 Å². The highest BCUT2D eigenvalue weighted by molar-refractivity contribution is 7.89. The van der Waals surface area contributed by atoms with Crippen LogP contribution in [0.1, 0.15) is 5.56 Å². The van der Waals surface area contributed by atoms with Crippen molar-refractivity contribution >= 4 is 28.6 Å². The first-order chi connectivity index (χ1) is 8.68. The van der Waals surface area contributed by atoms with E-state index in [0.717, 1.165) is 5.56 Å². The van der Waals surface area contributed by atoms with Crippen molar-refractivity contribution in [2.24, 2.45) is 5.10 Å². The lowest BCUT2D eigenvalue weighted by Gasteiger charge is -2.02. The number of nitrogens with zero attached hydrogens (tertiary/aromatic N) is 2. The Morgan fingerprint density at radius 1 is 1.05 bits per heavy atom. The van der Waals surface area contributed by atoms with Gasteiger partial charge < -0.3 is 0 Å². The van der Waals surface area contributed by atoms with Crippen molar-refractivity contribution in [2.75, 3.05) is 0 Å². The Labute approximate surface area is 117 Å². The molecule has 1 heterocycles. The molecule has 2 aromatic rings. The average Bonchev–Trinajstić information content (AvgIpc) is 2.41. The molecule has 2 rings (SSSR count). The maximum atomic E-state index is 11.8. The average molecular weight is 298 g/mol. The third kappa shape index (κ3) is 4.35. The van der Waals surface area contributed by atoms with Crippen LogP contribution in [0.2, 0.25) is 0 Å². The summed E-state index contributed by atoms with van der Waals surface area (Å²) in [5.74, 6) is 0. The van der Waals surface area contributed by atoms with E-state index in [2.05, 4.69) is 14.9 Å². The van der Waals surface area contributed by atoms with Gasteiger partial charge in [0.25, 0.3) is 10.0 Å². The van der Waals surface area contributed by atoms with Crippen LogP contribution in [0.5, 0.6) is 0 Å². The number of hydrazone groups is 1. The highest BCUT2D eigenvalue weighted by atomic mass is 35.5. The zero-order valence-corrected chi connectivity index (χ0v) is 11.4. The van der Waals surface area contributed by atoms with Crippen LogP contribution in [-0.2, 0) is 10.0 Å². The van der Waals surface area contributed by atoms with E-state index in [4.69, 9.17) is 0 Å². The van der Waals surface area contributed by atoms with Gasteiger partial charge in [-0.3, -0.25) is 4.98 Å². The molecule has 0 fully saturated rings. The third-order valence-corrected chi connectivity index (χ3v) is 3.38. The van der Waals surface area contributed by atoms with Gasteiger partial charge in [-0.25, -0.2) is 4.83 Å². The number of pyridine rings is 1. The van der Waals surface area contributed by atoms with Crippen molar-refractivity contribution < 1.29 is 8.42 Å². The molecule has 0 radical (unpaired) electrons. The molecule has 0 spiro atoms. The van der Waals surface area contributed by atoms with Gasteiger partial charge in [0.05, 0.1) is 11.1 Å². The molecule has 0 saturated carbocycles. The number of rotatable bonds is 4. The minimum absolute atomic E-state index is 0. The molecular formula is C12H12ClN3O2S. The van der Waals surface area contributed by atoms with Gasteiger partial charge in [0.15, 0.2) is 0 Å². The molecule has 5 nitrogen and oxygen atoms in total. The van der Waals surface area contributed by atoms with Gasteiger partial charge in [-0.2, -0.15) is 13.5 Å². The molecule has 7 heteroatoms. The molecule has 0 aliphatic heterocycles. The second-order valence-corrected chi connectivity index (χ2v) is 5.11. The molecule has 100 valence electrons. The van der Waals surface area contributed by atoms with E-state index in [1.807, 2.05) is 0 Å². The van der Waals surface area contributed by atoms with Crippen LogP contribution in [0.3, 0.4) is 0 Å².